The first-order valence-corrected chi connectivity index (χ1v) is 7.75. The third-order valence-corrected chi connectivity index (χ3v) is 4.55. The maximum atomic E-state index is 6.11. The van der Waals surface area contributed by atoms with Crippen molar-refractivity contribution in [1.82, 2.24) is 10.2 Å². The minimum absolute atomic E-state index is 0.353. The summed E-state index contributed by atoms with van der Waals surface area (Å²) in [7, 11) is 2.19. The van der Waals surface area contributed by atoms with E-state index in [0.717, 1.165) is 13.0 Å². The fourth-order valence-corrected chi connectivity index (χ4v) is 3.07. The lowest BCUT2D eigenvalue weighted by Gasteiger charge is -2.33. The summed E-state index contributed by atoms with van der Waals surface area (Å²) >= 11 is 12.1. The van der Waals surface area contributed by atoms with Crippen LogP contribution in [0.1, 0.15) is 37.8 Å². The van der Waals surface area contributed by atoms with Gasteiger partial charge in [-0.05, 0) is 50.6 Å². The third-order valence-electron chi connectivity index (χ3n) is 3.82. The predicted molar refractivity (Wildman–Crippen MR) is 83.1 cm³/mol. The van der Waals surface area contributed by atoms with Crippen LogP contribution in [0.4, 0.5) is 0 Å². The van der Waals surface area contributed by atoms with E-state index >= 15 is 0 Å². The van der Waals surface area contributed by atoms with Crippen LogP contribution in [-0.4, -0.2) is 31.1 Å². The Morgan fingerprint density at radius 1 is 1.37 bits per heavy atom. The Labute approximate surface area is 126 Å². The SMILES string of the molecule is CCC(NC1CCCN(C)C1)c1ccc(Cl)c(Cl)c1. The van der Waals surface area contributed by atoms with Crippen molar-refractivity contribution in [3.05, 3.63) is 33.8 Å². The normalized spacial score (nSPS) is 22.4. The number of nitrogens with one attached hydrogen (secondary N) is 1. The number of likely N-dealkylation sites (N-methyl/N-ethyl adjacent to an activating group) is 1. The Balaban J connectivity index is 2.04. The molecule has 19 heavy (non-hydrogen) atoms. The van der Waals surface area contributed by atoms with Crippen molar-refractivity contribution in [2.24, 2.45) is 0 Å². The Morgan fingerprint density at radius 3 is 2.79 bits per heavy atom. The highest BCUT2D eigenvalue weighted by Gasteiger charge is 2.20. The fourth-order valence-electron chi connectivity index (χ4n) is 2.77. The summed E-state index contributed by atoms with van der Waals surface area (Å²) in [6, 6.07) is 6.86. The van der Waals surface area contributed by atoms with Gasteiger partial charge in [0.05, 0.1) is 10.0 Å². The molecule has 2 unspecified atom stereocenters. The van der Waals surface area contributed by atoms with Crippen molar-refractivity contribution < 1.29 is 0 Å². The molecule has 1 fully saturated rings. The van der Waals surface area contributed by atoms with Gasteiger partial charge in [-0.3, -0.25) is 0 Å². The molecule has 4 heteroatoms. The van der Waals surface area contributed by atoms with E-state index in [1.807, 2.05) is 12.1 Å². The van der Waals surface area contributed by atoms with Crippen LogP contribution in [0.3, 0.4) is 0 Å². The number of likely N-dealkylation sites (tertiary alicyclic amines) is 1. The number of benzene rings is 1. The van der Waals surface area contributed by atoms with Crippen LogP contribution in [0.25, 0.3) is 0 Å². The van der Waals surface area contributed by atoms with E-state index in [4.69, 9.17) is 23.2 Å². The topological polar surface area (TPSA) is 15.3 Å². The maximum Gasteiger partial charge on any atom is 0.0595 e. The Kier molecular flexibility index (Phi) is 5.52. The molecule has 1 aromatic rings. The zero-order chi connectivity index (χ0) is 13.8. The minimum Gasteiger partial charge on any atom is -0.306 e. The molecule has 0 aromatic heterocycles. The van der Waals surface area contributed by atoms with E-state index in [0.29, 0.717) is 22.1 Å². The monoisotopic (exact) mass is 300 g/mol. The van der Waals surface area contributed by atoms with E-state index in [2.05, 4.69) is 30.3 Å². The summed E-state index contributed by atoms with van der Waals surface area (Å²) in [6.45, 7) is 4.53. The van der Waals surface area contributed by atoms with Gasteiger partial charge in [0.15, 0.2) is 0 Å². The lowest BCUT2D eigenvalue weighted by molar-refractivity contribution is 0.215. The van der Waals surface area contributed by atoms with Crippen LogP contribution in [-0.2, 0) is 0 Å². The van der Waals surface area contributed by atoms with Crippen molar-refractivity contribution >= 4 is 23.2 Å². The lowest BCUT2D eigenvalue weighted by atomic mass is 10.00. The van der Waals surface area contributed by atoms with Crippen molar-refractivity contribution in [3.8, 4) is 0 Å². The largest absolute Gasteiger partial charge is 0.306 e. The molecule has 0 aliphatic carbocycles. The molecule has 0 radical (unpaired) electrons. The Bertz CT molecular complexity index is 423. The summed E-state index contributed by atoms with van der Waals surface area (Å²) in [6.07, 6.45) is 3.58. The van der Waals surface area contributed by atoms with Crippen LogP contribution >= 0.6 is 23.2 Å². The summed E-state index contributed by atoms with van der Waals surface area (Å²) in [5, 5.41) is 5.02. The van der Waals surface area contributed by atoms with Gasteiger partial charge in [-0.15, -0.1) is 0 Å². The lowest BCUT2D eigenvalue weighted by Crippen LogP contribution is -2.45. The summed E-state index contributed by atoms with van der Waals surface area (Å²) in [4.78, 5) is 2.39. The second-order valence-electron chi connectivity index (χ2n) is 5.40. The van der Waals surface area contributed by atoms with Crippen LogP contribution in [0.2, 0.25) is 10.0 Å². The molecule has 2 nitrogen and oxygen atoms in total. The van der Waals surface area contributed by atoms with Crippen LogP contribution in [0.15, 0.2) is 18.2 Å². The van der Waals surface area contributed by atoms with Gasteiger partial charge in [-0.2, -0.15) is 0 Å². The first-order valence-electron chi connectivity index (χ1n) is 6.99. The molecule has 1 aliphatic rings. The standard InChI is InChI=1S/C15H22Cl2N2/c1-3-15(11-6-7-13(16)14(17)9-11)18-12-5-4-8-19(2)10-12/h6-7,9,12,15,18H,3-5,8,10H2,1-2H3. The zero-order valence-corrected chi connectivity index (χ0v) is 13.1. The molecule has 0 saturated carbocycles. The maximum absolute atomic E-state index is 6.11. The van der Waals surface area contributed by atoms with Gasteiger partial charge < -0.3 is 10.2 Å². The average molecular weight is 301 g/mol. The Morgan fingerprint density at radius 2 is 2.16 bits per heavy atom. The number of halogens is 2. The second-order valence-corrected chi connectivity index (χ2v) is 6.22. The molecular formula is C15H22Cl2N2. The van der Waals surface area contributed by atoms with Gasteiger partial charge in [0, 0.05) is 18.6 Å². The van der Waals surface area contributed by atoms with Crippen LogP contribution in [0, 0.1) is 0 Å². The van der Waals surface area contributed by atoms with E-state index in [1.54, 1.807) is 0 Å². The van der Waals surface area contributed by atoms with Gasteiger partial charge in [0.2, 0.25) is 0 Å². The van der Waals surface area contributed by atoms with Gasteiger partial charge in [-0.1, -0.05) is 36.2 Å². The molecule has 2 rings (SSSR count). The third kappa shape index (κ3) is 4.09. The van der Waals surface area contributed by atoms with E-state index in [1.165, 1.54) is 24.9 Å². The van der Waals surface area contributed by atoms with Gasteiger partial charge in [-0.25, -0.2) is 0 Å². The molecule has 0 amide bonds. The van der Waals surface area contributed by atoms with Crippen molar-refractivity contribution in [3.63, 3.8) is 0 Å². The summed E-state index contributed by atoms with van der Waals surface area (Å²) in [5.74, 6) is 0. The zero-order valence-electron chi connectivity index (χ0n) is 11.6. The minimum atomic E-state index is 0.353. The first kappa shape index (κ1) is 15.1. The van der Waals surface area contributed by atoms with Crippen molar-refractivity contribution in [2.75, 3.05) is 20.1 Å². The molecule has 0 spiro atoms. The van der Waals surface area contributed by atoms with E-state index in [9.17, 15) is 0 Å². The summed E-state index contributed by atoms with van der Waals surface area (Å²) < 4.78 is 0. The van der Waals surface area contributed by atoms with Crippen molar-refractivity contribution in [1.29, 1.82) is 0 Å². The molecular weight excluding hydrogens is 279 g/mol. The highest BCUT2D eigenvalue weighted by molar-refractivity contribution is 6.42. The number of piperidine rings is 1. The second kappa shape index (κ2) is 6.94. The molecule has 2 atom stereocenters. The predicted octanol–water partition coefficient (Wildman–Crippen LogP) is 4.13. The number of rotatable bonds is 4. The van der Waals surface area contributed by atoms with E-state index in [-0.39, 0.29) is 0 Å². The van der Waals surface area contributed by atoms with Crippen LogP contribution in [0.5, 0.6) is 0 Å². The molecule has 0 bridgehead atoms. The average Bonchev–Trinajstić information content (AvgIpc) is 2.39. The quantitative estimate of drug-likeness (QED) is 0.899. The number of nitrogens with zero attached hydrogens (tertiary/aromatic N) is 1. The van der Waals surface area contributed by atoms with E-state index < -0.39 is 0 Å². The molecule has 1 N–H and O–H groups in total. The van der Waals surface area contributed by atoms with Gasteiger partial charge in [0.1, 0.15) is 0 Å². The Hall–Kier alpha value is -0.280. The van der Waals surface area contributed by atoms with Gasteiger partial charge >= 0.3 is 0 Å². The van der Waals surface area contributed by atoms with Crippen molar-refractivity contribution in [2.45, 2.75) is 38.3 Å². The van der Waals surface area contributed by atoms with Crippen LogP contribution < -0.4 is 5.32 Å². The smallest absolute Gasteiger partial charge is 0.0595 e. The highest BCUT2D eigenvalue weighted by Crippen LogP contribution is 2.27. The fraction of sp³-hybridized carbons (Fsp3) is 0.600. The number of hydrogen-bond acceptors (Lipinski definition) is 2. The number of hydrogen-bond donors (Lipinski definition) is 1. The molecule has 1 saturated heterocycles. The molecule has 106 valence electrons. The molecule has 1 aliphatic heterocycles. The molecule has 1 heterocycles. The first-order chi connectivity index (χ1) is 9.10. The molecule has 1 aromatic carbocycles. The highest BCUT2D eigenvalue weighted by atomic mass is 35.5. The summed E-state index contributed by atoms with van der Waals surface area (Å²) in [5.41, 5.74) is 1.23. The van der Waals surface area contributed by atoms with Gasteiger partial charge in [0.25, 0.3) is 0 Å².